The molecular weight excluding hydrogens is 353 g/mol. The van der Waals surface area contributed by atoms with Gasteiger partial charge in [-0.3, -0.25) is 4.79 Å². The molecule has 1 aliphatic heterocycles. The van der Waals surface area contributed by atoms with Crippen molar-refractivity contribution in [3.05, 3.63) is 46.6 Å². The van der Waals surface area contributed by atoms with E-state index >= 15 is 0 Å². The summed E-state index contributed by atoms with van der Waals surface area (Å²) < 4.78 is 20.4. The summed E-state index contributed by atoms with van der Waals surface area (Å²) in [7, 11) is 0. The summed E-state index contributed by atoms with van der Waals surface area (Å²) in [5, 5.41) is 6.81. The highest BCUT2D eigenvalue weighted by atomic mass is 32.1. The van der Waals surface area contributed by atoms with Crippen LogP contribution in [0.5, 0.6) is 0 Å². The quantitative estimate of drug-likeness (QED) is 0.535. The monoisotopic (exact) mass is 369 g/mol. The topological polar surface area (TPSA) is 67.0 Å². The number of anilines is 1. The van der Waals surface area contributed by atoms with Crippen LogP contribution in [0.15, 0.2) is 35.3 Å². The van der Waals surface area contributed by atoms with Gasteiger partial charge in [0.1, 0.15) is 5.82 Å². The van der Waals surface area contributed by atoms with E-state index in [4.69, 9.17) is 9.72 Å². The van der Waals surface area contributed by atoms with Gasteiger partial charge in [-0.25, -0.2) is 9.37 Å². The molecule has 1 aliphatic rings. The first-order chi connectivity index (χ1) is 12.7. The Bertz CT molecular complexity index is 1190. The summed E-state index contributed by atoms with van der Waals surface area (Å²) in [5.41, 5.74) is 0.570. The van der Waals surface area contributed by atoms with Crippen LogP contribution in [-0.2, 0) is 4.74 Å². The number of nitrogens with zero attached hydrogens (tertiary/aromatic N) is 1. The largest absolute Gasteiger partial charge is 0.376 e. The summed E-state index contributed by atoms with van der Waals surface area (Å²) >= 11 is 1.51. The molecule has 1 fully saturated rings. The van der Waals surface area contributed by atoms with Crippen LogP contribution in [0.3, 0.4) is 0 Å². The van der Waals surface area contributed by atoms with Crippen LogP contribution in [0.2, 0.25) is 0 Å². The highest BCUT2D eigenvalue weighted by Gasteiger charge is 2.18. The number of H-pyrrole nitrogens is 1. The molecule has 4 aromatic rings. The lowest BCUT2D eigenvalue weighted by Gasteiger charge is -2.08. The molecule has 2 aromatic heterocycles. The SMILES string of the molecule is O=c1[nH]ccc2c3sc(NCC4CCCO4)nc3c3ccc(F)cc3c12. The van der Waals surface area contributed by atoms with Crippen LogP contribution in [-0.4, -0.2) is 29.2 Å². The molecule has 0 spiro atoms. The van der Waals surface area contributed by atoms with Crippen LogP contribution in [0.1, 0.15) is 12.8 Å². The number of halogens is 1. The minimum atomic E-state index is -0.367. The average molecular weight is 369 g/mol. The van der Waals surface area contributed by atoms with E-state index in [1.165, 1.54) is 23.5 Å². The van der Waals surface area contributed by atoms with Crippen LogP contribution in [0, 0.1) is 5.82 Å². The zero-order valence-electron chi connectivity index (χ0n) is 13.8. The van der Waals surface area contributed by atoms with E-state index in [1.807, 2.05) is 6.07 Å². The Morgan fingerprint density at radius 2 is 2.23 bits per heavy atom. The third kappa shape index (κ3) is 2.47. The molecule has 5 rings (SSSR count). The van der Waals surface area contributed by atoms with Crippen molar-refractivity contribution in [2.75, 3.05) is 18.5 Å². The van der Waals surface area contributed by atoms with E-state index in [1.54, 1.807) is 12.3 Å². The first kappa shape index (κ1) is 15.7. The molecule has 1 saturated heterocycles. The Hall–Kier alpha value is -2.51. The smallest absolute Gasteiger partial charge is 0.256 e. The van der Waals surface area contributed by atoms with Gasteiger partial charge in [-0.05, 0) is 37.1 Å². The number of thiazole rings is 1. The van der Waals surface area contributed by atoms with Gasteiger partial charge in [-0.2, -0.15) is 0 Å². The first-order valence-electron chi connectivity index (χ1n) is 8.59. The van der Waals surface area contributed by atoms with Crippen molar-refractivity contribution in [2.24, 2.45) is 0 Å². The molecule has 0 amide bonds. The minimum absolute atomic E-state index is 0.215. The molecule has 7 heteroatoms. The van der Waals surface area contributed by atoms with Crippen LogP contribution in [0.25, 0.3) is 31.8 Å². The number of aromatic amines is 1. The Balaban J connectivity index is 1.73. The van der Waals surface area contributed by atoms with Gasteiger partial charge in [0.05, 0.1) is 21.7 Å². The number of rotatable bonds is 3. The second kappa shape index (κ2) is 6.03. The lowest BCUT2D eigenvalue weighted by Crippen LogP contribution is -2.18. The fourth-order valence-corrected chi connectivity index (χ4v) is 4.65. The van der Waals surface area contributed by atoms with Crippen molar-refractivity contribution >= 4 is 48.2 Å². The Labute approximate surface area is 151 Å². The number of benzene rings is 2. The van der Waals surface area contributed by atoms with Crippen molar-refractivity contribution in [1.29, 1.82) is 0 Å². The highest BCUT2D eigenvalue weighted by molar-refractivity contribution is 7.23. The Morgan fingerprint density at radius 1 is 1.31 bits per heavy atom. The number of hydrogen-bond donors (Lipinski definition) is 2. The van der Waals surface area contributed by atoms with Gasteiger partial charge in [0, 0.05) is 35.5 Å². The van der Waals surface area contributed by atoms with E-state index in [9.17, 15) is 9.18 Å². The molecule has 5 nitrogen and oxygen atoms in total. The van der Waals surface area contributed by atoms with E-state index in [2.05, 4.69) is 10.3 Å². The van der Waals surface area contributed by atoms with Gasteiger partial charge >= 0.3 is 0 Å². The maximum absolute atomic E-state index is 13.8. The van der Waals surface area contributed by atoms with Gasteiger partial charge < -0.3 is 15.0 Å². The molecule has 3 heterocycles. The lowest BCUT2D eigenvalue weighted by atomic mass is 10.0. The molecule has 1 unspecified atom stereocenters. The van der Waals surface area contributed by atoms with Gasteiger partial charge in [0.15, 0.2) is 5.13 Å². The highest BCUT2D eigenvalue weighted by Crippen LogP contribution is 2.38. The first-order valence-corrected chi connectivity index (χ1v) is 9.41. The van der Waals surface area contributed by atoms with E-state index in [-0.39, 0.29) is 17.5 Å². The van der Waals surface area contributed by atoms with E-state index in [0.29, 0.717) is 17.3 Å². The molecule has 2 N–H and O–H groups in total. The molecule has 0 radical (unpaired) electrons. The Kier molecular flexibility index (Phi) is 3.65. The van der Waals surface area contributed by atoms with Crippen LogP contribution < -0.4 is 10.9 Å². The van der Waals surface area contributed by atoms with E-state index < -0.39 is 0 Å². The third-order valence-electron chi connectivity index (χ3n) is 4.84. The molecule has 0 bridgehead atoms. The molecule has 2 aromatic carbocycles. The Morgan fingerprint density at radius 3 is 3.08 bits per heavy atom. The zero-order chi connectivity index (χ0) is 17.7. The second-order valence-corrected chi connectivity index (χ2v) is 7.50. The van der Waals surface area contributed by atoms with Crippen LogP contribution in [0.4, 0.5) is 9.52 Å². The predicted molar refractivity (Wildman–Crippen MR) is 103 cm³/mol. The van der Waals surface area contributed by atoms with Gasteiger partial charge in [0.25, 0.3) is 5.56 Å². The molecule has 132 valence electrons. The molecule has 0 saturated carbocycles. The van der Waals surface area contributed by atoms with Crippen molar-refractivity contribution in [1.82, 2.24) is 9.97 Å². The second-order valence-electron chi connectivity index (χ2n) is 6.50. The van der Waals surface area contributed by atoms with Gasteiger partial charge in [0.2, 0.25) is 0 Å². The van der Waals surface area contributed by atoms with Crippen molar-refractivity contribution < 1.29 is 9.13 Å². The van der Waals surface area contributed by atoms with Crippen LogP contribution >= 0.6 is 11.3 Å². The van der Waals surface area contributed by atoms with Gasteiger partial charge in [-0.15, -0.1) is 0 Å². The number of aromatic nitrogens is 2. The fourth-order valence-electron chi connectivity index (χ4n) is 3.63. The third-order valence-corrected chi connectivity index (χ3v) is 5.89. The lowest BCUT2D eigenvalue weighted by molar-refractivity contribution is 0.120. The number of hydrogen-bond acceptors (Lipinski definition) is 5. The number of pyridine rings is 1. The summed E-state index contributed by atoms with van der Waals surface area (Å²) in [6.07, 6.45) is 3.98. The van der Waals surface area contributed by atoms with Crippen molar-refractivity contribution in [2.45, 2.75) is 18.9 Å². The van der Waals surface area contributed by atoms with Crippen molar-refractivity contribution in [3.63, 3.8) is 0 Å². The average Bonchev–Trinajstić information content (AvgIpc) is 3.29. The maximum Gasteiger partial charge on any atom is 0.256 e. The zero-order valence-corrected chi connectivity index (χ0v) is 14.7. The molecule has 26 heavy (non-hydrogen) atoms. The summed E-state index contributed by atoms with van der Waals surface area (Å²) in [6.45, 7) is 1.53. The normalized spacial score (nSPS) is 17.5. The van der Waals surface area contributed by atoms with Crippen molar-refractivity contribution in [3.8, 4) is 0 Å². The number of nitrogens with one attached hydrogen (secondary N) is 2. The summed E-state index contributed by atoms with van der Waals surface area (Å²) in [5.74, 6) is -0.367. The number of fused-ring (bicyclic) bond motifs is 6. The van der Waals surface area contributed by atoms with E-state index in [0.717, 1.165) is 45.6 Å². The maximum atomic E-state index is 13.8. The van der Waals surface area contributed by atoms with Gasteiger partial charge in [-0.1, -0.05) is 11.3 Å². The molecule has 0 aliphatic carbocycles. The summed E-state index contributed by atoms with van der Waals surface area (Å²) in [4.78, 5) is 19.9. The molecule has 1 atom stereocenters. The standard InChI is InChI=1S/C19H16FN3O2S/c20-10-3-4-12-14(8-10)15-13(5-6-21-18(15)24)17-16(12)23-19(26-17)22-9-11-2-1-7-25-11/h3-6,8,11H,1-2,7,9H2,(H,21,24)(H,22,23). The number of ether oxygens (including phenoxy) is 1. The fraction of sp³-hybridized carbons (Fsp3) is 0.263. The predicted octanol–water partition coefficient (Wildman–Crippen LogP) is 4.02. The summed E-state index contributed by atoms with van der Waals surface area (Å²) in [6, 6.07) is 6.36. The molecular formula is C19H16FN3O2S. The minimum Gasteiger partial charge on any atom is -0.376 e.